The summed E-state index contributed by atoms with van der Waals surface area (Å²) in [5.74, 6) is 1.72. The van der Waals surface area contributed by atoms with Crippen LogP contribution in [0.4, 0.5) is 0 Å². The zero-order valence-electron chi connectivity index (χ0n) is 15.7. The predicted octanol–water partition coefficient (Wildman–Crippen LogP) is 3.56. The molecule has 1 aromatic heterocycles. The Bertz CT molecular complexity index is 647. The number of nitrogens with one attached hydrogen (secondary N) is 2. The molecule has 0 aliphatic heterocycles. The number of hydrogen-bond acceptors (Lipinski definition) is 4. The summed E-state index contributed by atoms with van der Waals surface area (Å²) in [6.07, 6.45) is 0. The molecule has 0 spiro atoms. The number of ether oxygens (including phenoxy) is 1. The molecule has 0 amide bonds. The Morgan fingerprint density at radius 2 is 1.96 bits per heavy atom. The molecule has 0 unspecified atom stereocenters. The number of para-hydroxylation sites is 1. The van der Waals surface area contributed by atoms with Crippen molar-refractivity contribution >= 4 is 41.3 Å². The van der Waals surface area contributed by atoms with Crippen LogP contribution in [0, 0.1) is 0 Å². The van der Waals surface area contributed by atoms with Crippen molar-refractivity contribution in [1.82, 2.24) is 15.5 Å². The van der Waals surface area contributed by atoms with E-state index in [-0.39, 0.29) is 24.0 Å². The minimum absolute atomic E-state index is 0. The molecule has 2 N–H and O–H groups in total. The van der Waals surface area contributed by atoms with Gasteiger partial charge in [-0.25, -0.2) is 4.99 Å². The number of guanidine groups is 1. The fraction of sp³-hybridized carbons (Fsp3) is 0.421. The lowest BCUT2D eigenvalue weighted by atomic mass is 10.2. The molecule has 0 aliphatic carbocycles. The summed E-state index contributed by atoms with van der Waals surface area (Å²) in [6.45, 7) is 5.83. The zero-order valence-corrected chi connectivity index (χ0v) is 18.8. The normalized spacial score (nSPS) is 11.2. The van der Waals surface area contributed by atoms with Crippen molar-refractivity contribution in [2.24, 2.45) is 4.99 Å². The molecule has 1 heterocycles. The van der Waals surface area contributed by atoms with Crippen LogP contribution >= 0.6 is 35.3 Å². The molecule has 0 saturated heterocycles. The molecular formula is C19H29IN4OS. The second kappa shape index (κ2) is 12.9. The monoisotopic (exact) mass is 488 g/mol. The van der Waals surface area contributed by atoms with Gasteiger partial charge in [0, 0.05) is 23.5 Å². The van der Waals surface area contributed by atoms with Crippen LogP contribution < -0.4 is 15.4 Å². The third-order valence-corrected chi connectivity index (χ3v) is 4.41. The van der Waals surface area contributed by atoms with E-state index in [1.54, 1.807) is 11.3 Å². The minimum Gasteiger partial charge on any atom is -0.492 e. The summed E-state index contributed by atoms with van der Waals surface area (Å²) in [7, 11) is 4.09. The number of nitrogens with zero attached hydrogens (tertiary/aromatic N) is 2. The summed E-state index contributed by atoms with van der Waals surface area (Å²) < 4.78 is 5.91. The summed E-state index contributed by atoms with van der Waals surface area (Å²) in [4.78, 5) is 8.10. The summed E-state index contributed by atoms with van der Waals surface area (Å²) >= 11 is 1.74. The molecule has 0 atom stereocenters. The lowest BCUT2D eigenvalue weighted by Gasteiger charge is -2.14. The smallest absolute Gasteiger partial charge is 0.191 e. The second-order valence-electron chi connectivity index (χ2n) is 5.89. The first-order chi connectivity index (χ1) is 12.2. The molecule has 0 saturated carbocycles. The molecule has 0 bridgehead atoms. The number of aliphatic imine (C=N–C) groups is 1. The molecule has 1 aromatic carbocycles. The number of hydrogen-bond donors (Lipinski definition) is 2. The van der Waals surface area contributed by atoms with Crippen molar-refractivity contribution in [2.45, 2.75) is 20.0 Å². The predicted molar refractivity (Wildman–Crippen MR) is 122 cm³/mol. The van der Waals surface area contributed by atoms with Crippen molar-refractivity contribution < 1.29 is 4.74 Å². The van der Waals surface area contributed by atoms with E-state index in [1.807, 2.05) is 32.3 Å². The van der Waals surface area contributed by atoms with Gasteiger partial charge in [-0.3, -0.25) is 0 Å². The van der Waals surface area contributed by atoms with Gasteiger partial charge in [-0.2, -0.15) is 0 Å². The quantitative estimate of drug-likeness (QED) is 0.322. The fourth-order valence-electron chi connectivity index (χ4n) is 2.20. The van der Waals surface area contributed by atoms with Crippen molar-refractivity contribution in [3.8, 4) is 5.75 Å². The van der Waals surface area contributed by atoms with E-state index in [1.165, 1.54) is 4.88 Å². The van der Waals surface area contributed by atoms with E-state index in [0.717, 1.165) is 36.9 Å². The van der Waals surface area contributed by atoms with Gasteiger partial charge in [0.1, 0.15) is 12.4 Å². The highest BCUT2D eigenvalue weighted by Crippen LogP contribution is 2.18. The number of likely N-dealkylation sites (N-methyl/N-ethyl adjacent to an activating group) is 1. The van der Waals surface area contributed by atoms with Gasteiger partial charge in [0.2, 0.25) is 0 Å². The Morgan fingerprint density at radius 3 is 2.65 bits per heavy atom. The average Bonchev–Trinajstić information content (AvgIpc) is 3.11. The highest BCUT2D eigenvalue weighted by molar-refractivity contribution is 14.0. The van der Waals surface area contributed by atoms with Crippen LogP contribution in [0.2, 0.25) is 0 Å². The first-order valence-corrected chi connectivity index (χ1v) is 9.47. The Kier molecular flexibility index (Phi) is 11.3. The van der Waals surface area contributed by atoms with Gasteiger partial charge in [-0.15, -0.1) is 35.3 Å². The Morgan fingerprint density at radius 1 is 1.15 bits per heavy atom. The summed E-state index contributed by atoms with van der Waals surface area (Å²) in [5.41, 5.74) is 1.09. The molecular weight excluding hydrogens is 459 g/mol. The minimum atomic E-state index is 0. The lowest BCUT2D eigenvalue weighted by molar-refractivity contribution is 0.259. The molecule has 5 nitrogen and oxygen atoms in total. The van der Waals surface area contributed by atoms with Crippen molar-refractivity contribution in [3.63, 3.8) is 0 Å². The Balaban J connectivity index is 0.00000338. The maximum atomic E-state index is 5.91. The van der Waals surface area contributed by atoms with Crippen molar-refractivity contribution in [2.75, 3.05) is 33.8 Å². The molecule has 7 heteroatoms. The van der Waals surface area contributed by atoms with Crippen LogP contribution in [-0.4, -0.2) is 44.7 Å². The number of rotatable bonds is 9. The third kappa shape index (κ3) is 8.37. The fourth-order valence-corrected chi connectivity index (χ4v) is 2.85. The van der Waals surface area contributed by atoms with E-state index in [4.69, 9.17) is 9.73 Å². The van der Waals surface area contributed by atoms with Gasteiger partial charge >= 0.3 is 0 Å². The summed E-state index contributed by atoms with van der Waals surface area (Å²) in [5, 5.41) is 8.75. The molecule has 2 rings (SSSR count). The largest absolute Gasteiger partial charge is 0.492 e. The molecule has 2 aromatic rings. The molecule has 0 aliphatic rings. The van der Waals surface area contributed by atoms with E-state index < -0.39 is 0 Å². The van der Waals surface area contributed by atoms with Gasteiger partial charge < -0.3 is 20.3 Å². The lowest BCUT2D eigenvalue weighted by Crippen LogP contribution is -2.36. The second-order valence-corrected chi connectivity index (χ2v) is 6.92. The molecule has 0 radical (unpaired) electrons. The van der Waals surface area contributed by atoms with Crippen LogP contribution in [0.3, 0.4) is 0 Å². The maximum absolute atomic E-state index is 5.91. The van der Waals surface area contributed by atoms with Crippen LogP contribution in [-0.2, 0) is 13.1 Å². The van der Waals surface area contributed by atoms with Crippen LogP contribution in [0.15, 0.2) is 46.8 Å². The van der Waals surface area contributed by atoms with Crippen LogP contribution in [0.5, 0.6) is 5.75 Å². The standard InChI is InChI=1S/C19H28N4OS.HI/c1-4-20-19(22-15-17-9-7-13-25-17)21-14-16-8-5-6-10-18(16)24-12-11-23(2)3;/h5-10,13H,4,11-12,14-15H2,1-3H3,(H2,20,21,22);1H. The van der Waals surface area contributed by atoms with Gasteiger partial charge in [0.15, 0.2) is 5.96 Å². The van der Waals surface area contributed by atoms with Crippen molar-refractivity contribution in [1.29, 1.82) is 0 Å². The third-order valence-electron chi connectivity index (χ3n) is 3.53. The van der Waals surface area contributed by atoms with Crippen molar-refractivity contribution in [3.05, 3.63) is 52.2 Å². The van der Waals surface area contributed by atoms with E-state index >= 15 is 0 Å². The first-order valence-electron chi connectivity index (χ1n) is 8.59. The van der Waals surface area contributed by atoms with Gasteiger partial charge in [0.05, 0.1) is 13.1 Å². The van der Waals surface area contributed by atoms with Crippen LogP contribution in [0.25, 0.3) is 0 Å². The average molecular weight is 488 g/mol. The number of benzene rings is 1. The van der Waals surface area contributed by atoms with E-state index in [2.05, 4.69) is 46.0 Å². The SMILES string of the molecule is CCNC(=NCc1ccccc1OCCN(C)C)NCc1cccs1.I. The van der Waals surface area contributed by atoms with E-state index in [9.17, 15) is 0 Å². The topological polar surface area (TPSA) is 48.9 Å². The first kappa shape index (κ1) is 22.7. The highest BCUT2D eigenvalue weighted by Gasteiger charge is 2.04. The van der Waals surface area contributed by atoms with Crippen LogP contribution in [0.1, 0.15) is 17.4 Å². The van der Waals surface area contributed by atoms with Gasteiger partial charge in [-0.1, -0.05) is 24.3 Å². The highest BCUT2D eigenvalue weighted by atomic mass is 127. The molecule has 144 valence electrons. The van der Waals surface area contributed by atoms with Gasteiger partial charge in [0.25, 0.3) is 0 Å². The zero-order chi connectivity index (χ0) is 17.9. The Labute approximate surface area is 177 Å². The molecule has 0 fully saturated rings. The van der Waals surface area contributed by atoms with E-state index in [0.29, 0.717) is 13.2 Å². The number of thiophene rings is 1. The van der Waals surface area contributed by atoms with Gasteiger partial charge in [-0.05, 0) is 38.5 Å². The number of halogens is 1. The molecule has 26 heavy (non-hydrogen) atoms. The summed E-state index contributed by atoms with van der Waals surface area (Å²) in [6, 6.07) is 12.3. The maximum Gasteiger partial charge on any atom is 0.191 e. The Hall–Kier alpha value is -1.32.